The Balaban J connectivity index is 3.97. The van der Waals surface area contributed by atoms with E-state index < -0.39 is 8.80 Å². The van der Waals surface area contributed by atoms with Gasteiger partial charge in [-0.25, -0.2) is 0 Å². The Kier molecular flexibility index (Phi) is 26.4. The highest BCUT2D eigenvalue weighted by Gasteiger charge is 2.26. The molecule has 0 bridgehead atoms. The van der Waals surface area contributed by atoms with Gasteiger partial charge in [0.2, 0.25) is 0 Å². The molecule has 0 saturated heterocycles. The zero-order valence-electron chi connectivity index (χ0n) is 25.1. The molecule has 2 atom stereocenters. The smallest absolute Gasteiger partial charge is 0.0512 e. The Morgan fingerprint density at radius 1 is 0.441 bits per heavy atom. The SMILES string of the molecule is CCCCCCCCCCCCCCC(CCCCCCCCCCCC)C(N(C)C)[SiH](C)C. The molecule has 0 aromatic carbocycles. The van der Waals surface area contributed by atoms with E-state index in [9.17, 15) is 0 Å². The van der Waals surface area contributed by atoms with Crippen LogP contribution < -0.4 is 0 Å². The minimum atomic E-state index is -0.649. The van der Waals surface area contributed by atoms with Crippen molar-refractivity contribution in [3.8, 4) is 0 Å². The molecule has 0 aromatic heterocycles. The molecule has 0 amide bonds. The Morgan fingerprint density at radius 2 is 0.706 bits per heavy atom. The summed E-state index contributed by atoms with van der Waals surface area (Å²) in [6.07, 6.45) is 35.2. The van der Waals surface area contributed by atoms with Crippen LogP contribution >= 0.6 is 0 Å². The zero-order valence-corrected chi connectivity index (χ0v) is 26.3. The summed E-state index contributed by atoms with van der Waals surface area (Å²) in [7, 11) is 4.06. The molecule has 2 heteroatoms. The van der Waals surface area contributed by atoms with E-state index in [-0.39, 0.29) is 0 Å². The van der Waals surface area contributed by atoms with E-state index in [0.717, 1.165) is 11.6 Å². The van der Waals surface area contributed by atoms with Crippen molar-refractivity contribution < 1.29 is 0 Å². The molecule has 0 radical (unpaired) electrons. The summed E-state index contributed by atoms with van der Waals surface area (Å²) in [5.74, 6) is 0.957. The highest BCUT2D eigenvalue weighted by molar-refractivity contribution is 6.57. The molecule has 1 nitrogen and oxygen atoms in total. The normalized spacial score (nSPS) is 13.8. The van der Waals surface area contributed by atoms with Gasteiger partial charge in [0.25, 0.3) is 0 Å². The van der Waals surface area contributed by atoms with Gasteiger partial charge in [0.05, 0.1) is 8.80 Å². The molecule has 2 unspecified atom stereocenters. The molecule has 0 aliphatic carbocycles. The van der Waals surface area contributed by atoms with Crippen molar-refractivity contribution in [3.05, 3.63) is 0 Å². The number of hydrogen-bond acceptors (Lipinski definition) is 1. The van der Waals surface area contributed by atoms with E-state index in [1.165, 1.54) is 154 Å². The Morgan fingerprint density at radius 3 is 0.941 bits per heavy atom. The van der Waals surface area contributed by atoms with Crippen molar-refractivity contribution in [1.29, 1.82) is 0 Å². The van der Waals surface area contributed by atoms with E-state index in [1.54, 1.807) is 0 Å². The van der Waals surface area contributed by atoms with E-state index in [4.69, 9.17) is 0 Å². The maximum Gasteiger partial charge on any atom is 0.0512 e. The Labute approximate surface area is 220 Å². The Hall–Kier alpha value is 0.177. The van der Waals surface area contributed by atoms with E-state index in [0.29, 0.717) is 0 Å². The summed E-state index contributed by atoms with van der Waals surface area (Å²) >= 11 is 0. The topological polar surface area (TPSA) is 3.24 Å². The van der Waals surface area contributed by atoms with Crippen molar-refractivity contribution in [1.82, 2.24) is 4.90 Å². The summed E-state index contributed by atoms with van der Waals surface area (Å²) in [4.78, 5) is 2.60. The fourth-order valence-corrected chi connectivity index (χ4v) is 8.86. The van der Waals surface area contributed by atoms with Gasteiger partial charge in [0, 0.05) is 5.67 Å². The highest BCUT2D eigenvalue weighted by atomic mass is 28.3. The lowest BCUT2D eigenvalue weighted by molar-refractivity contribution is 0.245. The van der Waals surface area contributed by atoms with Gasteiger partial charge in [-0.2, -0.15) is 0 Å². The molecule has 0 saturated carbocycles. The van der Waals surface area contributed by atoms with Gasteiger partial charge in [0.1, 0.15) is 0 Å². The molecule has 0 aromatic rings. The molecular weight excluding hydrogens is 426 g/mol. The van der Waals surface area contributed by atoms with Gasteiger partial charge >= 0.3 is 0 Å². The first kappa shape index (κ1) is 34.2. The number of nitrogens with zero attached hydrogens (tertiary/aromatic N) is 1. The average Bonchev–Trinajstić information content (AvgIpc) is 2.80. The van der Waals surface area contributed by atoms with Crippen molar-refractivity contribution >= 4 is 8.80 Å². The van der Waals surface area contributed by atoms with Crippen LogP contribution in [0.3, 0.4) is 0 Å². The van der Waals surface area contributed by atoms with Gasteiger partial charge in [-0.05, 0) is 32.9 Å². The minimum Gasteiger partial charge on any atom is -0.309 e. The molecule has 0 rings (SSSR count). The first-order valence-electron chi connectivity index (χ1n) is 16.2. The molecule has 0 fully saturated rings. The third-order valence-electron chi connectivity index (χ3n) is 8.12. The number of unbranched alkanes of at least 4 members (excludes halogenated alkanes) is 20. The summed E-state index contributed by atoms with van der Waals surface area (Å²) in [5, 5.41) is 0. The van der Waals surface area contributed by atoms with Crippen LogP contribution in [0, 0.1) is 5.92 Å². The minimum absolute atomic E-state index is 0.649. The number of hydrogen-bond donors (Lipinski definition) is 0. The summed E-state index contributed by atoms with van der Waals surface area (Å²) < 4.78 is 0. The molecule has 0 aliphatic rings. The predicted molar refractivity (Wildman–Crippen MR) is 162 cm³/mol. The van der Waals surface area contributed by atoms with Crippen LogP contribution in [0.25, 0.3) is 0 Å². The lowest BCUT2D eigenvalue weighted by Gasteiger charge is -2.35. The van der Waals surface area contributed by atoms with E-state index >= 15 is 0 Å². The standard InChI is InChI=1S/C32H69NSi/c1-7-9-11-13-15-17-19-20-22-24-26-28-30-31(32(33(3)4)34(5)6)29-27-25-23-21-18-16-14-12-10-8-2/h31-32,34H,7-30H2,1-6H3. The molecule has 0 N–H and O–H groups in total. The second-order valence-corrected chi connectivity index (χ2v) is 15.3. The van der Waals surface area contributed by atoms with Crippen LogP contribution in [0.1, 0.15) is 168 Å². The molecular formula is C32H69NSi. The van der Waals surface area contributed by atoms with Crippen molar-refractivity contribution in [2.75, 3.05) is 14.1 Å². The predicted octanol–water partition coefficient (Wildman–Crippen LogP) is 11.0. The van der Waals surface area contributed by atoms with Crippen LogP contribution in [-0.2, 0) is 0 Å². The fraction of sp³-hybridized carbons (Fsp3) is 1.00. The first-order valence-corrected chi connectivity index (χ1v) is 19.2. The van der Waals surface area contributed by atoms with Crippen LogP contribution in [0.5, 0.6) is 0 Å². The van der Waals surface area contributed by atoms with Gasteiger partial charge in [-0.1, -0.05) is 168 Å². The van der Waals surface area contributed by atoms with Gasteiger partial charge in [-0.15, -0.1) is 0 Å². The molecule has 34 heavy (non-hydrogen) atoms. The molecule has 206 valence electrons. The lowest BCUT2D eigenvalue weighted by atomic mass is 9.93. The lowest BCUT2D eigenvalue weighted by Crippen LogP contribution is -2.44. The third kappa shape index (κ3) is 21.5. The molecule has 0 heterocycles. The van der Waals surface area contributed by atoms with Gasteiger partial charge in [0.15, 0.2) is 0 Å². The summed E-state index contributed by atoms with van der Waals surface area (Å²) in [6, 6.07) is 0. The number of rotatable bonds is 27. The molecule has 0 spiro atoms. The first-order chi connectivity index (χ1) is 16.5. The highest BCUT2D eigenvalue weighted by Crippen LogP contribution is 2.26. The van der Waals surface area contributed by atoms with Crippen LogP contribution in [-0.4, -0.2) is 33.5 Å². The summed E-state index contributed by atoms with van der Waals surface area (Å²) in [5.41, 5.74) is 0.895. The van der Waals surface area contributed by atoms with Crippen LogP contribution in [0.15, 0.2) is 0 Å². The summed E-state index contributed by atoms with van der Waals surface area (Å²) in [6.45, 7) is 9.79. The van der Waals surface area contributed by atoms with Crippen molar-refractivity contribution in [3.63, 3.8) is 0 Å². The maximum atomic E-state index is 2.60. The van der Waals surface area contributed by atoms with Crippen LogP contribution in [0.2, 0.25) is 13.1 Å². The maximum absolute atomic E-state index is 2.60. The zero-order chi connectivity index (χ0) is 25.3. The van der Waals surface area contributed by atoms with Crippen LogP contribution in [0.4, 0.5) is 0 Å². The van der Waals surface area contributed by atoms with E-state index in [1.807, 2.05) is 0 Å². The second kappa shape index (κ2) is 26.2. The quantitative estimate of drug-likeness (QED) is 0.0808. The van der Waals surface area contributed by atoms with E-state index in [2.05, 4.69) is 45.9 Å². The van der Waals surface area contributed by atoms with Gasteiger partial charge < -0.3 is 4.90 Å². The third-order valence-corrected chi connectivity index (χ3v) is 10.6. The van der Waals surface area contributed by atoms with Gasteiger partial charge in [-0.3, -0.25) is 0 Å². The van der Waals surface area contributed by atoms with Crippen molar-refractivity contribution in [2.45, 2.75) is 187 Å². The molecule has 0 aliphatic heterocycles. The fourth-order valence-electron chi connectivity index (χ4n) is 6.19. The second-order valence-electron chi connectivity index (χ2n) is 12.1. The average molecular weight is 496 g/mol. The van der Waals surface area contributed by atoms with Crippen molar-refractivity contribution in [2.24, 2.45) is 5.92 Å². The monoisotopic (exact) mass is 496 g/mol. The largest absolute Gasteiger partial charge is 0.309 e. The Bertz CT molecular complexity index is 373.